The van der Waals surface area contributed by atoms with Crippen molar-refractivity contribution in [3.8, 4) is 5.75 Å². The highest BCUT2D eigenvalue weighted by molar-refractivity contribution is 7.16. The molecular weight excluding hydrogens is 413 g/mol. The van der Waals surface area contributed by atoms with E-state index in [0.717, 1.165) is 4.88 Å². The van der Waals surface area contributed by atoms with Crippen LogP contribution in [0, 0.1) is 0 Å². The second kappa shape index (κ2) is 8.68. The lowest BCUT2D eigenvalue weighted by Crippen LogP contribution is -2.28. The van der Waals surface area contributed by atoms with Crippen LogP contribution in [-0.4, -0.2) is 18.3 Å². The monoisotopic (exact) mass is 425 g/mol. The lowest BCUT2D eigenvalue weighted by molar-refractivity contribution is -0.123. The van der Waals surface area contributed by atoms with E-state index >= 15 is 0 Å². The van der Waals surface area contributed by atoms with Crippen LogP contribution in [0.25, 0.3) is 0 Å². The summed E-state index contributed by atoms with van der Waals surface area (Å²) in [6.45, 7) is 0.173. The largest absolute Gasteiger partial charge is 0.482 e. The lowest BCUT2D eigenvalue weighted by Gasteiger charge is -2.08. The summed E-state index contributed by atoms with van der Waals surface area (Å²) in [4.78, 5) is 26.4. The molecule has 26 heavy (non-hydrogen) atoms. The van der Waals surface area contributed by atoms with Gasteiger partial charge in [0.15, 0.2) is 6.61 Å². The van der Waals surface area contributed by atoms with Gasteiger partial charge in [0.05, 0.1) is 21.3 Å². The molecule has 0 saturated carbocycles. The summed E-state index contributed by atoms with van der Waals surface area (Å²) < 4.78 is 5.38. The van der Waals surface area contributed by atoms with Crippen molar-refractivity contribution < 1.29 is 14.3 Å². The zero-order valence-electron chi connectivity index (χ0n) is 13.3. The summed E-state index contributed by atoms with van der Waals surface area (Å²) in [6.07, 6.45) is 0. The molecule has 2 heterocycles. The Morgan fingerprint density at radius 1 is 1.08 bits per heavy atom. The van der Waals surface area contributed by atoms with Crippen molar-refractivity contribution in [2.75, 3.05) is 6.61 Å². The van der Waals surface area contributed by atoms with Crippen molar-refractivity contribution in [3.05, 3.63) is 72.5 Å². The fraction of sp³-hybridized carbons (Fsp3) is 0.111. The van der Waals surface area contributed by atoms with E-state index in [-0.39, 0.29) is 18.3 Å². The normalized spacial score (nSPS) is 10.5. The standard InChI is InChI=1S/C18H13Cl2NO3S2/c19-11-3-5-14(13(20)8-11)24-10-17(22)21-9-12-4-6-16(26-12)18(23)15-2-1-7-25-15/h1-8H,9-10H2,(H,21,22). The fourth-order valence-electron chi connectivity index (χ4n) is 2.10. The molecule has 1 amide bonds. The number of carbonyl (C=O) groups excluding carboxylic acids is 2. The summed E-state index contributed by atoms with van der Waals surface area (Å²) in [7, 11) is 0. The average Bonchev–Trinajstić information content (AvgIpc) is 3.30. The summed E-state index contributed by atoms with van der Waals surface area (Å²) in [5.74, 6) is 0.116. The van der Waals surface area contributed by atoms with E-state index in [1.807, 2.05) is 17.5 Å². The highest BCUT2D eigenvalue weighted by Gasteiger charge is 2.13. The third-order valence-electron chi connectivity index (χ3n) is 3.34. The van der Waals surface area contributed by atoms with Gasteiger partial charge in [-0.2, -0.15) is 0 Å². The number of hydrogen-bond donors (Lipinski definition) is 1. The molecular formula is C18H13Cl2NO3S2. The number of thiophene rings is 2. The quantitative estimate of drug-likeness (QED) is 0.539. The van der Waals surface area contributed by atoms with Crippen LogP contribution in [0.3, 0.4) is 0 Å². The Morgan fingerprint density at radius 3 is 2.65 bits per heavy atom. The van der Waals surface area contributed by atoms with Gasteiger partial charge in [-0.3, -0.25) is 9.59 Å². The van der Waals surface area contributed by atoms with Crippen LogP contribution in [0.2, 0.25) is 10.0 Å². The van der Waals surface area contributed by atoms with Gasteiger partial charge in [0, 0.05) is 9.90 Å². The Labute approximate surface area is 168 Å². The Morgan fingerprint density at radius 2 is 1.92 bits per heavy atom. The number of ketones is 1. The predicted octanol–water partition coefficient (Wildman–Crippen LogP) is 5.04. The lowest BCUT2D eigenvalue weighted by atomic mass is 10.3. The smallest absolute Gasteiger partial charge is 0.258 e. The first-order chi connectivity index (χ1) is 12.5. The van der Waals surface area contributed by atoms with Crippen LogP contribution in [0.5, 0.6) is 5.75 Å². The Bertz CT molecular complexity index is 922. The number of benzene rings is 1. The van der Waals surface area contributed by atoms with Gasteiger partial charge in [0.25, 0.3) is 5.91 Å². The van der Waals surface area contributed by atoms with Gasteiger partial charge in [0.1, 0.15) is 5.75 Å². The maximum atomic E-state index is 12.3. The number of halogens is 2. The van der Waals surface area contributed by atoms with Gasteiger partial charge >= 0.3 is 0 Å². The minimum atomic E-state index is -0.282. The number of hydrogen-bond acceptors (Lipinski definition) is 5. The van der Waals surface area contributed by atoms with Crippen molar-refractivity contribution in [2.45, 2.75) is 6.54 Å². The van der Waals surface area contributed by atoms with Gasteiger partial charge in [-0.15, -0.1) is 22.7 Å². The molecule has 0 spiro atoms. The van der Waals surface area contributed by atoms with Crippen molar-refractivity contribution in [3.63, 3.8) is 0 Å². The summed E-state index contributed by atoms with van der Waals surface area (Å²) in [5, 5.41) is 5.47. The maximum absolute atomic E-state index is 12.3. The summed E-state index contributed by atoms with van der Waals surface area (Å²) in [6, 6.07) is 12.1. The van der Waals surface area contributed by atoms with Gasteiger partial charge in [-0.25, -0.2) is 0 Å². The van der Waals surface area contributed by atoms with Crippen LogP contribution >= 0.6 is 45.9 Å². The highest BCUT2D eigenvalue weighted by Crippen LogP contribution is 2.27. The zero-order chi connectivity index (χ0) is 18.5. The topological polar surface area (TPSA) is 55.4 Å². The molecule has 1 N–H and O–H groups in total. The molecule has 0 atom stereocenters. The minimum absolute atomic E-state index is 0.00305. The van der Waals surface area contributed by atoms with Gasteiger partial charge in [-0.1, -0.05) is 29.3 Å². The van der Waals surface area contributed by atoms with Crippen LogP contribution in [0.1, 0.15) is 19.4 Å². The predicted molar refractivity (Wildman–Crippen MR) is 106 cm³/mol. The van der Waals surface area contributed by atoms with E-state index in [1.165, 1.54) is 22.7 Å². The van der Waals surface area contributed by atoms with E-state index in [2.05, 4.69) is 5.32 Å². The van der Waals surface area contributed by atoms with Gasteiger partial charge in [-0.05, 0) is 41.8 Å². The SMILES string of the molecule is O=C(COc1ccc(Cl)cc1Cl)NCc1ccc(C(=O)c2cccs2)s1. The molecule has 0 unspecified atom stereocenters. The molecule has 2 aromatic heterocycles. The van der Waals surface area contributed by atoms with Crippen molar-refractivity contribution in [1.29, 1.82) is 0 Å². The van der Waals surface area contributed by atoms with Gasteiger partial charge in [0.2, 0.25) is 5.78 Å². The Hall–Kier alpha value is -1.86. The molecule has 3 aromatic rings. The van der Waals surface area contributed by atoms with E-state index in [9.17, 15) is 9.59 Å². The number of rotatable bonds is 7. The van der Waals surface area contributed by atoms with Crippen LogP contribution in [0.4, 0.5) is 0 Å². The first-order valence-electron chi connectivity index (χ1n) is 7.54. The second-order valence-electron chi connectivity index (χ2n) is 5.21. The average molecular weight is 426 g/mol. The number of nitrogens with one attached hydrogen (secondary N) is 1. The van der Waals surface area contributed by atoms with E-state index in [4.69, 9.17) is 27.9 Å². The molecule has 0 aliphatic rings. The maximum Gasteiger partial charge on any atom is 0.258 e. The summed E-state index contributed by atoms with van der Waals surface area (Å²) >= 11 is 14.6. The molecule has 0 fully saturated rings. The Balaban J connectivity index is 1.49. The molecule has 4 nitrogen and oxygen atoms in total. The van der Waals surface area contributed by atoms with Crippen molar-refractivity contribution >= 4 is 57.6 Å². The van der Waals surface area contributed by atoms with E-state index in [1.54, 1.807) is 30.3 Å². The fourth-order valence-corrected chi connectivity index (χ4v) is 4.20. The molecule has 8 heteroatoms. The van der Waals surface area contributed by atoms with Crippen LogP contribution in [0.15, 0.2) is 47.8 Å². The first kappa shape index (κ1) is 18.9. The molecule has 1 aromatic carbocycles. The number of amides is 1. The van der Waals surface area contributed by atoms with E-state index in [0.29, 0.717) is 32.1 Å². The second-order valence-corrected chi connectivity index (χ2v) is 8.17. The molecule has 3 rings (SSSR count). The third-order valence-corrected chi connectivity index (χ3v) is 5.83. The van der Waals surface area contributed by atoms with Gasteiger partial charge < -0.3 is 10.1 Å². The summed E-state index contributed by atoms with van der Waals surface area (Å²) in [5.41, 5.74) is 0. The minimum Gasteiger partial charge on any atom is -0.482 e. The van der Waals surface area contributed by atoms with Crippen molar-refractivity contribution in [2.24, 2.45) is 0 Å². The van der Waals surface area contributed by atoms with Crippen LogP contribution < -0.4 is 10.1 Å². The van der Waals surface area contributed by atoms with Crippen LogP contribution in [-0.2, 0) is 11.3 Å². The highest BCUT2D eigenvalue weighted by atomic mass is 35.5. The third kappa shape index (κ3) is 4.86. The van der Waals surface area contributed by atoms with E-state index < -0.39 is 0 Å². The molecule has 0 bridgehead atoms. The molecule has 0 aliphatic carbocycles. The Kier molecular flexibility index (Phi) is 6.32. The molecule has 134 valence electrons. The number of ether oxygens (including phenoxy) is 1. The number of carbonyl (C=O) groups is 2. The molecule has 0 saturated heterocycles. The zero-order valence-corrected chi connectivity index (χ0v) is 16.5. The molecule has 0 radical (unpaired) electrons. The molecule has 0 aliphatic heterocycles. The van der Waals surface area contributed by atoms with Crippen molar-refractivity contribution in [1.82, 2.24) is 5.32 Å². The first-order valence-corrected chi connectivity index (χ1v) is 9.99.